The van der Waals surface area contributed by atoms with Gasteiger partial charge in [-0.1, -0.05) is 0 Å². The van der Waals surface area contributed by atoms with Gasteiger partial charge in [-0.15, -0.1) is 0 Å². The maximum absolute atomic E-state index is 11.5. The summed E-state index contributed by atoms with van der Waals surface area (Å²) >= 11 is 0. The minimum Gasteiger partial charge on any atom is -0.394 e. The summed E-state index contributed by atoms with van der Waals surface area (Å²) in [7, 11) is -3.53. The molecule has 3 N–H and O–H groups in total. The molecular weight excluding hydrogens is 220 g/mol. The van der Waals surface area contributed by atoms with E-state index in [0.717, 1.165) is 0 Å². The van der Waals surface area contributed by atoms with Crippen LogP contribution in [0.15, 0.2) is 0 Å². The van der Waals surface area contributed by atoms with Crippen molar-refractivity contribution in [2.24, 2.45) is 11.1 Å². The first-order valence-electron chi connectivity index (χ1n) is 4.74. The number of amides is 1. The molecule has 0 spiro atoms. The van der Waals surface area contributed by atoms with Crippen molar-refractivity contribution < 1.29 is 18.3 Å². The quantitative estimate of drug-likeness (QED) is 0.620. The third-order valence-electron chi connectivity index (χ3n) is 2.50. The van der Waals surface area contributed by atoms with Crippen LogP contribution in [0.1, 0.15) is 13.3 Å². The van der Waals surface area contributed by atoms with Crippen molar-refractivity contribution in [1.29, 1.82) is 0 Å². The number of primary sulfonamides is 1. The van der Waals surface area contributed by atoms with Crippen LogP contribution < -0.4 is 5.14 Å². The fraction of sp³-hybridized carbons (Fsp3) is 0.875. The Kier molecular flexibility index (Phi) is 3.69. The van der Waals surface area contributed by atoms with E-state index in [9.17, 15) is 13.2 Å². The topological polar surface area (TPSA) is 101 Å². The van der Waals surface area contributed by atoms with E-state index in [0.29, 0.717) is 6.54 Å². The lowest BCUT2D eigenvalue weighted by atomic mass is 10.1. The van der Waals surface area contributed by atoms with Crippen LogP contribution in [0, 0.1) is 5.92 Å². The fourth-order valence-corrected chi connectivity index (χ4v) is 2.65. The molecule has 0 aliphatic carbocycles. The van der Waals surface area contributed by atoms with E-state index in [1.807, 2.05) is 0 Å². The molecule has 1 unspecified atom stereocenters. The molecule has 15 heavy (non-hydrogen) atoms. The minimum atomic E-state index is -3.53. The van der Waals surface area contributed by atoms with E-state index < -0.39 is 10.0 Å². The number of aliphatic hydroxyl groups excluding tert-OH is 1. The van der Waals surface area contributed by atoms with Crippen LogP contribution in [0.2, 0.25) is 0 Å². The second-order valence-corrected chi connectivity index (χ2v) is 5.64. The van der Waals surface area contributed by atoms with E-state index in [-0.39, 0.29) is 36.6 Å². The maximum Gasteiger partial charge on any atom is 0.223 e. The van der Waals surface area contributed by atoms with Crippen LogP contribution in [0.5, 0.6) is 0 Å². The van der Waals surface area contributed by atoms with Gasteiger partial charge in [0.25, 0.3) is 0 Å². The van der Waals surface area contributed by atoms with E-state index in [1.54, 1.807) is 6.92 Å². The third kappa shape index (κ3) is 3.44. The first-order chi connectivity index (χ1) is 6.83. The highest BCUT2D eigenvalue weighted by Crippen LogP contribution is 2.20. The molecule has 0 aromatic heterocycles. The monoisotopic (exact) mass is 236 g/mol. The maximum atomic E-state index is 11.5. The summed E-state index contributed by atoms with van der Waals surface area (Å²) in [5.41, 5.74) is 0. The predicted octanol–water partition coefficient (Wildman–Crippen LogP) is -1.50. The van der Waals surface area contributed by atoms with Crippen molar-refractivity contribution in [2.75, 3.05) is 18.9 Å². The van der Waals surface area contributed by atoms with Gasteiger partial charge in [0.15, 0.2) is 0 Å². The van der Waals surface area contributed by atoms with E-state index >= 15 is 0 Å². The van der Waals surface area contributed by atoms with E-state index in [1.165, 1.54) is 4.90 Å². The second-order valence-electron chi connectivity index (χ2n) is 3.98. The number of nitrogens with zero attached hydrogens (tertiary/aromatic N) is 1. The van der Waals surface area contributed by atoms with Crippen LogP contribution in [-0.4, -0.2) is 49.3 Å². The van der Waals surface area contributed by atoms with Gasteiger partial charge in [-0.25, -0.2) is 13.6 Å². The summed E-state index contributed by atoms with van der Waals surface area (Å²) in [5.74, 6) is -0.542. The number of nitrogens with two attached hydrogens (primary N) is 1. The minimum absolute atomic E-state index is 0.117. The Bertz CT molecular complexity index is 341. The molecule has 0 aromatic rings. The zero-order valence-corrected chi connectivity index (χ0v) is 9.40. The molecule has 1 aliphatic heterocycles. The van der Waals surface area contributed by atoms with Gasteiger partial charge < -0.3 is 10.0 Å². The van der Waals surface area contributed by atoms with Crippen LogP contribution in [-0.2, 0) is 14.8 Å². The molecule has 1 heterocycles. The Morgan fingerprint density at radius 3 is 2.73 bits per heavy atom. The van der Waals surface area contributed by atoms with Crippen molar-refractivity contribution in [2.45, 2.75) is 19.4 Å². The molecule has 2 atom stereocenters. The van der Waals surface area contributed by atoms with Crippen molar-refractivity contribution in [3.8, 4) is 0 Å². The Labute approximate surface area is 89.1 Å². The average molecular weight is 236 g/mol. The van der Waals surface area contributed by atoms with Gasteiger partial charge in [-0.3, -0.25) is 4.79 Å². The average Bonchev–Trinajstić information content (AvgIpc) is 2.42. The van der Waals surface area contributed by atoms with Gasteiger partial charge >= 0.3 is 0 Å². The summed E-state index contributed by atoms with van der Waals surface area (Å²) < 4.78 is 21.7. The van der Waals surface area contributed by atoms with Crippen molar-refractivity contribution in [1.82, 2.24) is 4.90 Å². The molecular formula is C8H16N2O4S. The number of carbonyl (C=O) groups is 1. The SMILES string of the molecule is C[C@@H](CO)N1CC(CS(N)(=O)=O)CC1=O. The van der Waals surface area contributed by atoms with Crippen LogP contribution in [0.25, 0.3) is 0 Å². The number of rotatable bonds is 4. The summed E-state index contributed by atoms with van der Waals surface area (Å²) in [6.07, 6.45) is 0.195. The fourth-order valence-electron chi connectivity index (χ4n) is 1.77. The molecule has 1 rings (SSSR count). The van der Waals surface area contributed by atoms with Gasteiger partial charge in [0.1, 0.15) is 0 Å². The smallest absolute Gasteiger partial charge is 0.223 e. The summed E-state index contributed by atoms with van der Waals surface area (Å²) in [4.78, 5) is 12.9. The number of hydrogen-bond donors (Lipinski definition) is 2. The lowest BCUT2D eigenvalue weighted by molar-refractivity contribution is -0.130. The highest BCUT2D eigenvalue weighted by atomic mass is 32.2. The van der Waals surface area contributed by atoms with Crippen LogP contribution >= 0.6 is 0 Å². The van der Waals surface area contributed by atoms with Gasteiger partial charge in [0.2, 0.25) is 15.9 Å². The van der Waals surface area contributed by atoms with Gasteiger partial charge in [0.05, 0.1) is 18.4 Å². The lowest BCUT2D eigenvalue weighted by Crippen LogP contribution is -2.37. The van der Waals surface area contributed by atoms with Crippen molar-refractivity contribution >= 4 is 15.9 Å². The molecule has 0 radical (unpaired) electrons. The van der Waals surface area contributed by atoms with Crippen molar-refractivity contribution in [3.05, 3.63) is 0 Å². The standard InChI is InChI=1S/C8H16N2O4S/c1-6(4-11)10-3-7(2-8(10)12)5-15(9,13)14/h6-7,11H,2-5H2,1H3,(H2,9,13,14)/t6-,7?/m0/s1. The summed E-state index contributed by atoms with van der Waals surface area (Å²) in [6, 6.07) is -0.261. The number of hydrogen-bond acceptors (Lipinski definition) is 4. The highest BCUT2D eigenvalue weighted by Gasteiger charge is 2.34. The second kappa shape index (κ2) is 4.46. The molecule has 6 nitrogen and oxygen atoms in total. The van der Waals surface area contributed by atoms with E-state index in [4.69, 9.17) is 10.2 Å². The Morgan fingerprint density at radius 2 is 2.27 bits per heavy atom. The molecule has 1 aliphatic rings. The van der Waals surface area contributed by atoms with Gasteiger partial charge in [0, 0.05) is 18.9 Å². The molecule has 1 amide bonds. The number of aliphatic hydroxyl groups is 1. The largest absolute Gasteiger partial charge is 0.394 e. The molecule has 0 bridgehead atoms. The molecule has 7 heteroatoms. The Balaban J connectivity index is 2.60. The molecule has 1 fully saturated rings. The Morgan fingerprint density at radius 1 is 1.67 bits per heavy atom. The molecule has 1 saturated heterocycles. The lowest BCUT2D eigenvalue weighted by Gasteiger charge is -2.22. The number of likely N-dealkylation sites (tertiary alicyclic amines) is 1. The highest BCUT2D eigenvalue weighted by molar-refractivity contribution is 7.89. The third-order valence-corrected chi connectivity index (χ3v) is 3.44. The van der Waals surface area contributed by atoms with Gasteiger partial charge in [-0.05, 0) is 6.92 Å². The molecule has 0 aromatic carbocycles. The summed E-state index contributed by atoms with van der Waals surface area (Å²) in [5, 5.41) is 13.8. The number of carbonyl (C=O) groups excluding carboxylic acids is 1. The Hall–Kier alpha value is -0.660. The normalized spacial score (nSPS) is 24.6. The van der Waals surface area contributed by atoms with Crippen molar-refractivity contribution in [3.63, 3.8) is 0 Å². The molecule has 88 valence electrons. The van der Waals surface area contributed by atoms with Gasteiger partial charge in [-0.2, -0.15) is 0 Å². The number of sulfonamides is 1. The van der Waals surface area contributed by atoms with Crippen LogP contribution in [0.3, 0.4) is 0 Å². The van der Waals surface area contributed by atoms with E-state index in [2.05, 4.69) is 0 Å². The van der Waals surface area contributed by atoms with Crippen LogP contribution in [0.4, 0.5) is 0 Å². The first-order valence-corrected chi connectivity index (χ1v) is 6.46. The zero-order valence-electron chi connectivity index (χ0n) is 8.59. The predicted molar refractivity (Wildman–Crippen MR) is 54.3 cm³/mol. The zero-order chi connectivity index (χ0) is 11.6. The molecule has 0 saturated carbocycles. The summed E-state index contributed by atoms with van der Waals surface area (Å²) in [6.45, 7) is 1.96. The first kappa shape index (κ1) is 12.4.